The molecule has 1 aliphatic carbocycles. The van der Waals surface area contributed by atoms with Gasteiger partial charge in [0, 0.05) is 17.5 Å². The van der Waals surface area contributed by atoms with Crippen molar-refractivity contribution < 1.29 is 4.79 Å². The summed E-state index contributed by atoms with van der Waals surface area (Å²) in [5.74, 6) is 0.516. The van der Waals surface area contributed by atoms with E-state index < -0.39 is 0 Å². The molecule has 0 saturated heterocycles. The molecule has 2 atom stereocenters. The molecule has 3 heteroatoms. The van der Waals surface area contributed by atoms with E-state index in [0.717, 1.165) is 23.4 Å². The Morgan fingerprint density at radius 3 is 2.82 bits per heavy atom. The minimum absolute atomic E-state index is 0.0809. The van der Waals surface area contributed by atoms with Crippen molar-refractivity contribution in [3.05, 3.63) is 70.2 Å². The largest absolute Gasteiger partial charge is 0.356 e. The number of amides is 1. The van der Waals surface area contributed by atoms with E-state index >= 15 is 0 Å². The molecule has 2 aromatic rings. The molecular weight excluding hydrogens is 294 g/mol. The number of carbonyl (C=O) groups excluding carboxylic acids is 1. The molecule has 1 saturated carbocycles. The summed E-state index contributed by atoms with van der Waals surface area (Å²) in [7, 11) is 0. The molecule has 1 fully saturated rings. The van der Waals surface area contributed by atoms with Crippen molar-refractivity contribution in [2.75, 3.05) is 6.54 Å². The monoisotopic (exact) mass is 313 g/mol. The minimum Gasteiger partial charge on any atom is -0.356 e. The van der Waals surface area contributed by atoms with Crippen molar-refractivity contribution in [1.82, 2.24) is 5.32 Å². The highest BCUT2D eigenvalue weighted by molar-refractivity contribution is 6.31. The van der Waals surface area contributed by atoms with Gasteiger partial charge in [-0.05, 0) is 42.9 Å². The van der Waals surface area contributed by atoms with E-state index in [9.17, 15) is 4.79 Å². The van der Waals surface area contributed by atoms with Crippen LogP contribution in [0.4, 0.5) is 0 Å². The van der Waals surface area contributed by atoms with Crippen LogP contribution in [-0.4, -0.2) is 12.5 Å². The summed E-state index contributed by atoms with van der Waals surface area (Å²) >= 11 is 6.20. The Bertz CT molecular complexity index is 683. The summed E-state index contributed by atoms with van der Waals surface area (Å²) in [6.07, 6.45) is 1.77. The summed E-state index contributed by atoms with van der Waals surface area (Å²) in [5.41, 5.74) is 3.62. The highest BCUT2D eigenvalue weighted by Gasteiger charge is 2.44. The first-order valence-corrected chi connectivity index (χ1v) is 8.10. The molecular formula is C19H20ClNO. The molecule has 1 N–H and O–H groups in total. The van der Waals surface area contributed by atoms with Gasteiger partial charge in [0.15, 0.2) is 0 Å². The second-order valence-corrected chi connectivity index (χ2v) is 6.41. The van der Waals surface area contributed by atoms with E-state index in [1.165, 1.54) is 11.1 Å². The molecule has 0 heterocycles. The van der Waals surface area contributed by atoms with Gasteiger partial charge in [-0.1, -0.05) is 59.6 Å². The lowest BCUT2D eigenvalue weighted by Gasteiger charge is -2.06. The normalized spacial score (nSPS) is 19.7. The third-order valence-electron chi connectivity index (χ3n) is 4.23. The Balaban J connectivity index is 1.49. The number of benzene rings is 2. The van der Waals surface area contributed by atoms with E-state index in [1.807, 2.05) is 24.3 Å². The van der Waals surface area contributed by atoms with Gasteiger partial charge in [-0.2, -0.15) is 0 Å². The molecule has 0 aromatic heterocycles. The predicted molar refractivity (Wildman–Crippen MR) is 90.2 cm³/mol. The Morgan fingerprint density at radius 1 is 1.23 bits per heavy atom. The highest BCUT2D eigenvalue weighted by atomic mass is 35.5. The molecule has 114 valence electrons. The van der Waals surface area contributed by atoms with Gasteiger partial charge in [0.2, 0.25) is 5.91 Å². The molecule has 2 unspecified atom stereocenters. The van der Waals surface area contributed by atoms with Gasteiger partial charge >= 0.3 is 0 Å². The number of aryl methyl sites for hydroxylation is 1. The first kappa shape index (κ1) is 15.1. The van der Waals surface area contributed by atoms with Gasteiger partial charge < -0.3 is 5.32 Å². The van der Waals surface area contributed by atoms with Crippen LogP contribution in [0.1, 0.15) is 29.0 Å². The third-order valence-corrected chi connectivity index (χ3v) is 4.57. The molecule has 22 heavy (non-hydrogen) atoms. The molecule has 1 amide bonds. The number of hydrogen-bond donors (Lipinski definition) is 1. The summed E-state index contributed by atoms with van der Waals surface area (Å²) < 4.78 is 0. The van der Waals surface area contributed by atoms with E-state index in [-0.39, 0.29) is 17.7 Å². The first-order valence-electron chi connectivity index (χ1n) is 7.73. The van der Waals surface area contributed by atoms with Crippen molar-refractivity contribution in [2.45, 2.75) is 25.7 Å². The second-order valence-electron chi connectivity index (χ2n) is 6.00. The summed E-state index contributed by atoms with van der Waals surface area (Å²) in [4.78, 5) is 12.2. The van der Waals surface area contributed by atoms with Crippen LogP contribution in [0.2, 0.25) is 5.02 Å². The SMILES string of the molecule is Cc1cccc(CCNC(=O)C2CC2c2ccccc2Cl)c1. The van der Waals surface area contributed by atoms with Crippen LogP contribution in [0.25, 0.3) is 0 Å². The van der Waals surface area contributed by atoms with Gasteiger partial charge in [-0.25, -0.2) is 0 Å². The van der Waals surface area contributed by atoms with Crippen LogP contribution >= 0.6 is 11.6 Å². The van der Waals surface area contributed by atoms with E-state index in [2.05, 4.69) is 36.5 Å². The Hall–Kier alpha value is -1.80. The Kier molecular flexibility index (Phi) is 4.49. The number of halogens is 1. The van der Waals surface area contributed by atoms with E-state index in [0.29, 0.717) is 6.54 Å². The minimum atomic E-state index is 0.0809. The quantitative estimate of drug-likeness (QED) is 0.884. The maximum atomic E-state index is 12.2. The number of rotatable bonds is 5. The third kappa shape index (κ3) is 3.50. The van der Waals surface area contributed by atoms with Crippen molar-refractivity contribution in [1.29, 1.82) is 0 Å². The number of carbonyl (C=O) groups is 1. The summed E-state index contributed by atoms with van der Waals surface area (Å²) in [6, 6.07) is 16.2. The molecule has 0 spiro atoms. The molecule has 2 aromatic carbocycles. The van der Waals surface area contributed by atoms with Crippen LogP contribution in [0.15, 0.2) is 48.5 Å². The summed E-state index contributed by atoms with van der Waals surface area (Å²) in [6.45, 7) is 2.77. The second kappa shape index (κ2) is 6.53. The van der Waals surface area contributed by atoms with E-state index in [1.54, 1.807) is 0 Å². The van der Waals surface area contributed by atoms with Crippen LogP contribution < -0.4 is 5.32 Å². The van der Waals surface area contributed by atoms with Gasteiger partial charge in [0.05, 0.1) is 0 Å². The van der Waals surface area contributed by atoms with Crippen molar-refractivity contribution >= 4 is 17.5 Å². The maximum Gasteiger partial charge on any atom is 0.223 e. The molecule has 0 aliphatic heterocycles. The average molecular weight is 314 g/mol. The standard InChI is InChI=1S/C19H20ClNO/c1-13-5-4-6-14(11-13)9-10-21-19(22)17-12-16(17)15-7-2-3-8-18(15)20/h2-8,11,16-17H,9-10,12H2,1H3,(H,21,22). The lowest BCUT2D eigenvalue weighted by atomic mass is 10.1. The smallest absolute Gasteiger partial charge is 0.223 e. The molecule has 3 rings (SSSR count). The van der Waals surface area contributed by atoms with Crippen LogP contribution in [-0.2, 0) is 11.2 Å². The predicted octanol–water partition coefficient (Wildman–Crippen LogP) is 4.11. The van der Waals surface area contributed by atoms with Gasteiger partial charge in [-0.15, -0.1) is 0 Å². The number of hydrogen-bond acceptors (Lipinski definition) is 1. The molecule has 0 radical (unpaired) electrons. The van der Waals surface area contributed by atoms with Crippen LogP contribution in [0.3, 0.4) is 0 Å². The Morgan fingerprint density at radius 2 is 2.05 bits per heavy atom. The average Bonchev–Trinajstić information content (AvgIpc) is 3.28. The fourth-order valence-corrected chi connectivity index (χ4v) is 3.21. The number of nitrogens with one attached hydrogen (secondary N) is 1. The van der Waals surface area contributed by atoms with Crippen molar-refractivity contribution in [3.8, 4) is 0 Å². The maximum absolute atomic E-state index is 12.2. The van der Waals surface area contributed by atoms with Crippen LogP contribution in [0.5, 0.6) is 0 Å². The van der Waals surface area contributed by atoms with Crippen LogP contribution in [0, 0.1) is 12.8 Å². The lowest BCUT2D eigenvalue weighted by molar-refractivity contribution is -0.122. The van der Waals surface area contributed by atoms with Crippen molar-refractivity contribution in [3.63, 3.8) is 0 Å². The van der Waals surface area contributed by atoms with Gasteiger partial charge in [0.25, 0.3) is 0 Å². The zero-order chi connectivity index (χ0) is 15.5. The highest BCUT2D eigenvalue weighted by Crippen LogP contribution is 2.49. The van der Waals surface area contributed by atoms with Gasteiger partial charge in [0.1, 0.15) is 0 Å². The van der Waals surface area contributed by atoms with Crippen molar-refractivity contribution in [2.24, 2.45) is 5.92 Å². The Labute approximate surface area is 136 Å². The molecule has 2 nitrogen and oxygen atoms in total. The molecule has 1 aliphatic rings. The topological polar surface area (TPSA) is 29.1 Å². The van der Waals surface area contributed by atoms with E-state index in [4.69, 9.17) is 11.6 Å². The fourth-order valence-electron chi connectivity index (χ4n) is 2.93. The molecule has 0 bridgehead atoms. The lowest BCUT2D eigenvalue weighted by Crippen LogP contribution is -2.27. The zero-order valence-electron chi connectivity index (χ0n) is 12.7. The zero-order valence-corrected chi connectivity index (χ0v) is 13.4. The van der Waals surface area contributed by atoms with Gasteiger partial charge in [-0.3, -0.25) is 4.79 Å². The summed E-state index contributed by atoms with van der Waals surface area (Å²) in [5, 5.41) is 3.82. The fraction of sp³-hybridized carbons (Fsp3) is 0.316. The first-order chi connectivity index (χ1) is 10.6.